The molecule has 0 amide bonds. The van der Waals surface area contributed by atoms with E-state index in [1.165, 1.54) is 5.56 Å². The van der Waals surface area contributed by atoms with Crippen molar-refractivity contribution < 1.29 is 5.11 Å². The van der Waals surface area contributed by atoms with Crippen LogP contribution in [0.1, 0.15) is 25.3 Å². The molecule has 0 spiro atoms. The Kier molecular flexibility index (Phi) is 4.00. The molecule has 0 saturated carbocycles. The molecule has 0 aromatic heterocycles. The number of hydrogen-bond acceptors (Lipinski definition) is 2. The van der Waals surface area contributed by atoms with E-state index in [1.54, 1.807) is 12.1 Å². The van der Waals surface area contributed by atoms with Gasteiger partial charge < -0.3 is 5.11 Å². The third-order valence-electron chi connectivity index (χ3n) is 2.30. The molecule has 2 heteroatoms. The van der Waals surface area contributed by atoms with E-state index in [1.807, 2.05) is 12.1 Å². The molecule has 2 nitrogen and oxygen atoms in total. The molecule has 0 saturated heterocycles. The van der Waals surface area contributed by atoms with Crippen LogP contribution < -0.4 is 0 Å². The zero-order valence-corrected chi connectivity index (χ0v) is 8.40. The fourth-order valence-electron chi connectivity index (χ4n) is 1.33. The highest BCUT2D eigenvalue weighted by atomic mass is 16.3. The maximum absolute atomic E-state index is 9.08. The summed E-state index contributed by atoms with van der Waals surface area (Å²) in [5.74, 6) is 0.757. The van der Waals surface area contributed by atoms with E-state index in [0.29, 0.717) is 18.1 Å². The number of aromatic hydroxyl groups is 1. The minimum Gasteiger partial charge on any atom is -0.508 e. The second-order valence-electron chi connectivity index (χ2n) is 3.67. The Morgan fingerprint density at radius 3 is 2.57 bits per heavy atom. The maximum Gasteiger partial charge on any atom is 0.115 e. The van der Waals surface area contributed by atoms with Gasteiger partial charge in [0.1, 0.15) is 5.75 Å². The van der Waals surface area contributed by atoms with Crippen LogP contribution in [0.2, 0.25) is 0 Å². The van der Waals surface area contributed by atoms with Crippen molar-refractivity contribution in [1.29, 1.82) is 5.26 Å². The quantitative estimate of drug-likeness (QED) is 0.791. The summed E-state index contributed by atoms with van der Waals surface area (Å²) in [6, 6.07) is 9.42. The van der Waals surface area contributed by atoms with Gasteiger partial charge in [0.05, 0.1) is 6.07 Å². The highest BCUT2D eigenvalue weighted by Crippen LogP contribution is 2.14. The van der Waals surface area contributed by atoms with Crippen molar-refractivity contribution >= 4 is 0 Å². The van der Waals surface area contributed by atoms with Crippen LogP contribution in [-0.4, -0.2) is 5.11 Å². The first-order chi connectivity index (χ1) is 6.72. The van der Waals surface area contributed by atoms with E-state index >= 15 is 0 Å². The van der Waals surface area contributed by atoms with E-state index < -0.39 is 0 Å². The van der Waals surface area contributed by atoms with Gasteiger partial charge in [-0.1, -0.05) is 19.1 Å². The van der Waals surface area contributed by atoms with E-state index in [2.05, 4.69) is 13.0 Å². The number of phenols is 1. The molecule has 0 fully saturated rings. The number of aryl methyl sites for hydroxylation is 1. The van der Waals surface area contributed by atoms with Crippen LogP contribution in [0, 0.1) is 17.2 Å². The summed E-state index contributed by atoms with van der Waals surface area (Å²) in [6.45, 7) is 2.09. The van der Waals surface area contributed by atoms with Crippen molar-refractivity contribution in [2.24, 2.45) is 5.92 Å². The zero-order valence-electron chi connectivity index (χ0n) is 8.40. The Labute approximate surface area is 84.8 Å². The van der Waals surface area contributed by atoms with Crippen LogP contribution >= 0.6 is 0 Å². The van der Waals surface area contributed by atoms with Crippen molar-refractivity contribution in [2.75, 3.05) is 0 Å². The van der Waals surface area contributed by atoms with Gasteiger partial charge in [-0.3, -0.25) is 0 Å². The van der Waals surface area contributed by atoms with Gasteiger partial charge in [-0.2, -0.15) is 5.26 Å². The summed E-state index contributed by atoms with van der Waals surface area (Å²) in [7, 11) is 0. The van der Waals surface area contributed by atoms with Crippen molar-refractivity contribution in [3.8, 4) is 11.8 Å². The SMILES string of the molecule is CC(CC#N)CCc1ccc(O)cc1. The van der Waals surface area contributed by atoms with E-state index in [4.69, 9.17) is 10.4 Å². The lowest BCUT2D eigenvalue weighted by molar-refractivity contribution is 0.475. The Morgan fingerprint density at radius 2 is 2.00 bits per heavy atom. The highest BCUT2D eigenvalue weighted by molar-refractivity contribution is 5.25. The molecule has 0 aliphatic carbocycles. The number of rotatable bonds is 4. The lowest BCUT2D eigenvalue weighted by atomic mass is 9.99. The second kappa shape index (κ2) is 5.29. The Hall–Kier alpha value is -1.49. The third-order valence-corrected chi connectivity index (χ3v) is 2.30. The summed E-state index contributed by atoms with van der Waals surface area (Å²) in [4.78, 5) is 0. The van der Waals surface area contributed by atoms with Crippen molar-refractivity contribution in [1.82, 2.24) is 0 Å². The fourth-order valence-corrected chi connectivity index (χ4v) is 1.33. The topological polar surface area (TPSA) is 44.0 Å². The molecular formula is C12H15NO. The van der Waals surface area contributed by atoms with Gasteiger partial charge in [0.25, 0.3) is 0 Å². The number of nitriles is 1. The average Bonchev–Trinajstić information content (AvgIpc) is 2.17. The number of hydrogen-bond donors (Lipinski definition) is 1. The van der Waals surface area contributed by atoms with Gasteiger partial charge in [-0.25, -0.2) is 0 Å². The summed E-state index contributed by atoms with van der Waals surface area (Å²) in [5, 5.41) is 17.6. The van der Waals surface area contributed by atoms with Gasteiger partial charge in [-0.05, 0) is 36.5 Å². The molecule has 0 radical (unpaired) electrons. The summed E-state index contributed by atoms with van der Waals surface area (Å²) < 4.78 is 0. The molecule has 0 heterocycles. The molecule has 1 N–H and O–H groups in total. The monoisotopic (exact) mass is 189 g/mol. The fraction of sp³-hybridized carbons (Fsp3) is 0.417. The van der Waals surface area contributed by atoms with Gasteiger partial charge in [-0.15, -0.1) is 0 Å². The number of phenolic OH excluding ortho intramolecular Hbond substituents is 1. The first-order valence-corrected chi connectivity index (χ1v) is 4.87. The smallest absolute Gasteiger partial charge is 0.115 e. The first kappa shape index (κ1) is 10.6. The van der Waals surface area contributed by atoms with E-state index in [0.717, 1.165) is 12.8 Å². The molecule has 1 atom stereocenters. The molecule has 1 aromatic rings. The van der Waals surface area contributed by atoms with Crippen molar-refractivity contribution in [3.05, 3.63) is 29.8 Å². The molecule has 1 unspecified atom stereocenters. The zero-order chi connectivity index (χ0) is 10.4. The molecule has 74 valence electrons. The van der Waals surface area contributed by atoms with Crippen molar-refractivity contribution in [2.45, 2.75) is 26.2 Å². The van der Waals surface area contributed by atoms with Crippen LogP contribution in [0.4, 0.5) is 0 Å². The summed E-state index contributed by atoms with van der Waals surface area (Å²) in [5.41, 5.74) is 1.22. The lowest BCUT2D eigenvalue weighted by Crippen LogP contribution is -1.95. The van der Waals surface area contributed by atoms with Crippen LogP contribution in [0.3, 0.4) is 0 Å². The normalized spacial score (nSPS) is 12.0. The van der Waals surface area contributed by atoms with Gasteiger partial charge in [0.15, 0.2) is 0 Å². The highest BCUT2D eigenvalue weighted by Gasteiger charge is 2.01. The Morgan fingerprint density at radius 1 is 1.36 bits per heavy atom. The maximum atomic E-state index is 9.08. The summed E-state index contributed by atoms with van der Waals surface area (Å²) >= 11 is 0. The van der Waals surface area contributed by atoms with Crippen LogP contribution in [0.5, 0.6) is 5.75 Å². The standard InChI is InChI=1S/C12H15NO/c1-10(8-9-13)2-3-11-4-6-12(14)7-5-11/h4-7,10,14H,2-3,8H2,1H3. The predicted molar refractivity (Wildman–Crippen MR) is 55.8 cm³/mol. The van der Waals surface area contributed by atoms with E-state index in [9.17, 15) is 0 Å². The lowest BCUT2D eigenvalue weighted by Gasteiger charge is -2.06. The number of benzene rings is 1. The van der Waals surface area contributed by atoms with E-state index in [-0.39, 0.29) is 0 Å². The van der Waals surface area contributed by atoms with Crippen LogP contribution in [0.25, 0.3) is 0 Å². The van der Waals surface area contributed by atoms with Gasteiger partial charge in [0, 0.05) is 6.42 Å². The Balaban J connectivity index is 2.39. The molecular weight excluding hydrogens is 174 g/mol. The van der Waals surface area contributed by atoms with Gasteiger partial charge in [0.2, 0.25) is 0 Å². The second-order valence-corrected chi connectivity index (χ2v) is 3.67. The summed E-state index contributed by atoms with van der Waals surface area (Å²) in [6.07, 6.45) is 2.62. The molecule has 0 bridgehead atoms. The van der Waals surface area contributed by atoms with Crippen LogP contribution in [-0.2, 0) is 6.42 Å². The predicted octanol–water partition coefficient (Wildman–Crippen LogP) is 2.87. The largest absolute Gasteiger partial charge is 0.508 e. The number of nitrogens with zero attached hydrogens (tertiary/aromatic N) is 1. The first-order valence-electron chi connectivity index (χ1n) is 4.87. The van der Waals surface area contributed by atoms with Gasteiger partial charge >= 0.3 is 0 Å². The van der Waals surface area contributed by atoms with Crippen molar-refractivity contribution in [3.63, 3.8) is 0 Å². The molecule has 14 heavy (non-hydrogen) atoms. The van der Waals surface area contributed by atoms with Crippen LogP contribution in [0.15, 0.2) is 24.3 Å². The minimum absolute atomic E-state index is 0.304. The minimum atomic E-state index is 0.304. The third kappa shape index (κ3) is 3.49. The Bertz CT molecular complexity index is 310. The molecule has 1 rings (SSSR count). The average molecular weight is 189 g/mol. The molecule has 0 aliphatic heterocycles. The molecule has 1 aromatic carbocycles. The molecule has 0 aliphatic rings.